The van der Waals surface area contributed by atoms with Gasteiger partial charge in [0.05, 0.1) is 6.20 Å². The van der Waals surface area contributed by atoms with Crippen LogP contribution in [-0.2, 0) is 6.42 Å². The summed E-state index contributed by atoms with van der Waals surface area (Å²) in [4.78, 5) is 15.6. The predicted molar refractivity (Wildman–Crippen MR) is 95.5 cm³/mol. The molecule has 0 unspecified atom stereocenters. The zero-order valence-corrected chi connectivity index (χ0v) is 13.8. The van der Waals surface area contributed by atoms with Crippen LogP contribution in [0, 0.1) is 5.92 Å². The van der Waals surface area contributed by atoms with Crippen molar-refractivity contribution < 1.29 is 5.11 Å². The number of hydrogen-bond donors (Lipinski definition) is 1. The molecule has 2 aromatic heterocycles. The second-order valence-corrected chi connectivity index (χ2v) is 6.30. The lowest BCUT2D eigenvalue weighted by molar-refractivity contribution is 0.465. The third kappa shape index (κ3) is 3.54. The summed E-state index contributed by atoms with van der Waals surface area (Å²) in [5.74, 6) is 0.994. The molecule has 0 amide bonds. The van der Waals surface area contributed by atoms with Crippen LogP contribution in [0.1, 0.15) is 19.4 Å². The van der Waals surface area contributed by atoms with Gasteiger partial charge in [0, 0.05) is 18.5 Å². The molecule has 0 aliphatic heterocycles. The minimum absolute atomic E-state index is 0.289. The Morgan fingerprint density at radius 1 is 1.08 bits per heavy atom. The van der Waals surface area contributed by atoms with E-state index < -0.39 is 5.43 Å². The van der Waals surface area contributed by atoms with Gasteiger partial charge in [0.25, 0.3) is 0 Å². The van der Waals surface area contributed by atoms with Crippen LogP contribution < -0.4 is 5.43 Å². The Morgan fingerprint density at radius 2 is 1.83 bits per heavy atom. The van der Waals surface area contributed by atoms with Crippen molar-refractivity contribution in [2.24, 2.45) is 5.92 Å². The number of aromatic nitrogens is 2. The molecular formula is C20H20N2O2. The molecule has 4 nitrogen and oxygen atoms in total. The highest BCUT2D eigenvalue weighted by atomic mass is 16.3. The molecule has 0 fully saturated rings. The number of benzene rings is 1. The molecule has 0 saturated heterocycles. The number of pyridine rings is 2. The Balaban J connectivity index is 1.92. The van der Waals surface area contributed by atoms with Crippen molar-refractivity contribution in [1.82, 2.24) is 9.55 Å². The number of nitrogens with zero attached hydrogens (tertiary/aromatic N) is 2. The van der Waals surface area contributed by atoms with Gasteiger partial charge >= 0.3 is 0 Å². The van der Waals surface area contributed by atoms with E-state index in [4.69, 9.17) is 0 Å². The lowest BCUT2D eigenvalue weighted by Gasteiger charge is -2.09. The maximum absolute atomic E-state index is 11.3. The molecule has 0 saturated carbocycles. The van der Waals surface area contributed by atoms with E-state index in [1.165, 1.54) is 17.8 Å². The Bertz CT molecular complexity index is 896. The molecule has 1 N–H and O–H groups in total. The summed E-state index contributed by atoms with van der Waals surface area (Å²) >= 11 is 0. The summed E-state index contributed by atoms with van der Waals surface area (Å²) in [6, 6.07) is 13.7. The van der Waals surface area contributed by atoms with Crippen LogP contribution in [0.25, 0.3) is 16.9 Å². The molecule has 0 spiro atoms. The number of hydrogen-bond acceptors (Lipinski definition) is 3. The van der Waals surface area contributed by atoms with Crippen LogP contribution in [0.5, 0.6) is 5.75 Å². The molecule has 122 valence electrons. The SMILES string of the molecule is CC(C)Cc1ccc(-c2ccnc(-n3ccc(=O)c(O)c3)c2)cc1. The number of rotatable bonds is 4. The van der Waals surface area contributed by atoms with E-state index in [9.17, 15) is 9.90 Å². The Kier molecular flexibility index (Phi) is 4.47. The molecule has 0 radical (unpaired) electrons. The van der Waals surface area contributed by atoms with E-state index in [1.807, 2.05) is 12.1 Å². The van der Waals surface area contributed by atoms with Gasteiger partial charge in [-0.15, -0.1) is 0 Å². The van der Waals surface area contributed by atoms with Gasteiger partial charge in [-0.1, -0.05) is 38.1 Å². The first-order valence-electron chi connectivity index (χ1n) is 8.00. The van der Waals surface area contributed by atoms with Crippen molar-refractivity contribution in [3.05, 3.63) is 76.8 Å². The lowest BCUT2D eigenvalue weighted by atomic mass is 9.99. The second kappa shape index (κ2) is 6.71. The first kappa shape index (κ1) is 16.0. The minimum Gasteiger partial charge on any atom is -0.503 e. The van der Waals surface area contributed by atoms with Crippen molar-refractivity contribution in [3.8, 4) is 22.7 Å². The van der Waals surface area contributed by atoms with Crippen LogP contribution in [0.4, 0.5) is 0 Å². The summed E-state index contributed by atoms with van der Waals surface area (Å²) in [7, 11) is 0. The average molecular weight is 320 g/mol. The van der Waals surface area contributed by atoms with Crippen molar-refractivity contribution in [2.75, 3.05) is 0 Å². The monoisotopic (exact) mass is 320 g/mol. The zero-order chi connectivity index (χ0) is 17.1. The molecule has 3 rings (SSSR count). The minimum atomic E-state index is -0.400. The predicted octanol–water partition coefficient (Wildman–Crippen LogP) is 3.80. The van der Waals surface area contributed by atoms with Crippen LogP contribution >= 0.6 is 0 Å². The molecule has 4 heteroatoms. The summed E-state index contributed by atoms with van der Waals surface area (Å²) in [6.45, 7) is 4.42. The fourth-order valence-corrected chi connectivity index (χ4v) is 2.66. The first-order valence-corrected chi connectivity index (χ1v) is 8.00. The number of aromatic hydroxyl groups is 1. The van der Waals surface area contributed by atoms with Crippen molar-refractivity contribution >= 4 is 0 Å². The smallest absolute Gasteiger partial charge is 0.223 e. The molecule has 3 aromatic rings. The maximum Gasteiger partial charge on any atom is 0.223 e. The van der Waals surface area contributed by atoms with Gasteiger partial charge in [-0.25, -0.2) is 4.98 Å². The zero-order valence-electron chi connectivity index (χ0n) is 13.8. The second-order valence-electron chi connectivity index (χ2n) is 6.30. The maximum atomic E-state index is 11.3. The van der Waals surface area contributed by atoms with E-state index in [-0.39, 0.29) is 5.75 Å². The van der Waals surface area contributed by atoms with Crippen molar-refractivity contribution in [2.45, 2.75) is 20.3 Å². The molecule has 24 heavy (non-hydrogen) atoms. The highest BCUT2D eigenvalue weighted by Gasteiger charge is 2.05. The Labute approximate surface area is 141 Å². The van der Waals surface area contributed by atoms with Gasteiger partial charge < -0.3 is 9.67 Å². The van der Waals surface area contributed by atoms with E-state index in [2.05, 4.69) is 43.1 Å². The molecule has 0 aliphatic carbocycles. The highest BCUT2D eigenvalue weighted by molar-refractivity contribution is 5.65. The highest BCUT2D eigenvalue weighted by Crippen LogP contribution is 2.22. The van der Waals surface area contributed by atoms with Crippen LogP contribution in [0.15, 0.2) is 65.8 Å². The largest absolute Gasteiger partial charge is 0.503 e. The molecule has 0 aliphatic rings. The van der Waals surface area contributed by atoms with Crippen LogP contribution in [-0.4, -0.2) is 14.7 Å². The van der Waals surface area contributed by atoms with Gasteiger partial charge in [-0.05, 0) is 41.2 Å². The summed E-state index contributed by atoms with van der Waals surface area (Å²) in [5, 5.41) is 9.59. The Morgan fingerprint density at radius 3 is 2.50 bits per heavy atom. The molecular weight excluding hydrogens is 300 g/mol. The van der Waals surface area contributed by atoms with Gasteiger partial charge in [0.2, 0.25) is 5.43 Å². The van der Waals surface area contributed by atoms with Gasteiger partial charge in [0.15, 0.2) is 5.75 Å². The standard InChI is InChI=1S/C20H20N2O2/c1-14(2)11-15-3-5-16(6-4-15)17-7-9-21-20(12-17)22-10-8-18(23)19(24)13-22/h3-10,12-14,24H,11H2,1-2H3. The van der Waals surface area contributed by atoms with E-state index in [1.54, 1.807) is 17.0 Å². The molecule has 2 heterocycles. The third-order valence-corrected chi connectivity index (χ3v) is 3.84. The van der Waals surface area contributed by atoms with Gasteiger partial charge in [0.1, 0.15) is 5.82 Å². The van der Waals surface area contributed by atoms with Crippen molar-refractivity contribution in [3.63, 3.8) is 0 Å². The summed E-state index contributed by atoms with van der Waals surface area (Å²) in [6.07, 6.45) is 5.76. The fourth-order valence-electron chi connectivity index (χ4n) is 2.66. The summed E-state index contributed by atoms with van der Waals surface area (Å²) in [5.41, 5.74) is 3.07. The van der Waals surface area contributed by atoms with E-state index in [0.29, 0.717) is 11.7 Å². The quantitative estimate of drug-likeness (QED) is 0.795. The van der Waals surface area contributed by atoms with Crippen LogP contribution in [0.3, 0.4) is 0 Å². The van der Waals surface area contributed by atoms with E-state index in [0.717, 1.165) is 17.5 Å². The van der Waals surface area contributed by atoms with Gasteiger partial charge in [-0.3, -0.25) is 4.79 Å². The van der Waals surface area contributed by atoms with Gasteiger partial charge in [-0.2, -0.15) is 0 Å². The average Bonchev–Trinajstić information content (AvgIpc) is 2.58. The topological polar surface area (TPSA) is 55.1 Å². The summed E-state index contributed by atoms with van der Waals surface area (Å²) < 4.78 is 1.63. The Hall–Kier alpha value is -2.88. The third-order valence-electron chi connectivity index (χ3n) is 3.84. The van der Waals surface area contributed by atoms with Crippen molar-refractivity contribution in [1.29, 1.82) is 0 Å². The normalized spacial score (nSPS) is 11.0. The first-order chi connectivity index (χ1) is 11.5. The van der Waals surface area contributed by atoms with E-state index >= 15 is 0 Å². The fraction of sp³-hybridized carbons (Fsp3) is 0.200. The molecule has 1 aromatic carbocycles. The molecule has 0 atom stereocenters. The van der Waals surface area contributed by atoms with Crippen LogP contribution in [0.2, 0.25) is 0 Å². The lowest BCUT2D eigenvalue weighted by Crippen LogP contribution is -2.04. The molecule has 0 bridgehead atoms.